The molecule has 3 heterocycles. The van der Waals surface area contributed by atoms with Crippen LogP contribution in [0.25, 0.3) is 4.96 Å². The van der Waals surface area contributed by atoms with Crippen LogP contribution in [0.2, 0.25) is 0 Å². The molecule has 0 saturated carbocycles. The first-order chi connectivity index (χ1) is 9.69. The highest BCUT2D eigenvalue weighted by molar-refractivity contribution is 7.14. The monoisotopic (exact) mass is 293 g/mol. The van der Waals surface area contributed by atoms with E-state index in [1.165, 1.54) is 28.7 Å². The van der Waals surface area contributed by atoms with Crippen LogP contribution >= 0.6 is 11.3 Å². The maximum atomic E-state index is 12.0. The Labute approximate surface area is 121 Å². The van der Waals surface area contributed by atoms with Gasteiger partial charge in [-0.25, -0.2) is 4.98 Å². The highest BCUT2D eigenvalue weighted by Gasteiger charge is 2.27. The number of hydrogen-bond donors (Lipinski definition) is 1. The minimum Gasteiger partial charge on any atom is -0.329 e. The number of aromatic nitrogens is 3. The van der Waals surface area contributed by atoms with Crippen molar-refractivity contribution in [2.75, 3.05) is 6.54 Å². The van der Waals surface area contributed by atoms with Gasteiger partial charge >= 0.3 is 0 Å². The van der Waals surface area contributed by atoms with Gasteiger partial charge in [0, 0.05) is 31.2 Å². The molecule has 0 amide bonds. The van der Waals surface area contributed by atoms with Crippen molar-refractivity contribution >= 4 is 16.3 Å². The Kier molecular flexibility index (Phi) is 3.82. The van der Waals surface area contributed by atoms with Crippen LogP contribution in [0.5, 0.6) is 0 Å². The Morgan fingerprint density at radius 3 is 3.15 bits per heavy atom. The summed E-state index contributed by atoms with van der Waals surface area (Å²) in [5.41, 5.74) is 8.22. The van der Waals surface area contributed by atoms with E-state index in [0.717, 1.165) is 12.1 Å². The Hall–Kier alpha value is -1.31. The summed E-state index contributed by atoms with van der Waals surface area (Å²) in [7, 11) is 0. The van der Waals surface area contributed by atoms with E-state index in [4.69, 9.17) is 5.73 Å². The predicted molar refractivity (Wildman–Crippen MR) is 78.8 cm³/mol. The van der Waals surface area contributed by atoms with Crippen LogP contribution < -0.4 is 11.3 Å². The van der Waals surface area contributed by atoms with Crippen molar-refractivity contribution in [1.82, 2.24) is 19.5 Å². The molecule has 108 valence electrons. The van der Waals surface area contributed by atoms with Crippen molar-refractivity contribution in [1.29, 1.82) is 0 Å². The van der Waals surface area contributed by atoms with Crippen LogP contribution in [0.4, 0.5) is 0 Å². The molecule has 2 N–H and O–H groups in total. The average molecular weight is 293 g/mol. The molecule has 6 nitrogen and oxygen atoms in total. The molecule has 20 heavy (non-hydrogen) atoms. The Morgan fingerprint density at radius 2 is 2.35 bits per heavy atom. The van der Waals surface area contributed by atoms with Crippen molar-refractivity contribution in [3.8, 4) is 0 Å². The maximum Gasteiger partial charge on any atom is 0.275 e. The van der Waals surface area contributed by atoms with Gasteiger partial charge in [0.2, 0.25) is 4.96 Å². The van der Waals surface area contributed by atoms with Gasteiger partial charge in [-0.2, -0.15) is 9.61 Å². The van der Waals surface area contributed by atoms with Crippen LogP contribution in [-0.4, -0.2) is 38.1 Å². The molecule has 1 fully saturated rings. The number of rotatable bonds is 3. The van der Waals surface area contributed by atoms with E-state index in [1.807, 2.05) is 0 Å². The predicted octanol–water partition coefficient (Wildman–Crippen LogP) is 0.853. The first-order valence-electron chi connectivity index (χ1n) is 6.97. The summed E-state index contributed by atoms with van der Waals surface area (Å²) >= 11 is 1.38. The van der Waals surface area contributed by atoms with Gasteiger partial charge in [-0.15, -0.1) is 0 Å². The summed E-state index contributed by atoms with van der Waals surface area (Å²) in [6.07, 6.45) is 3.53. The van der Waals surface area contributed by atoms with E-state index < -0.39 is 0 Å². The molecule has 0 aliphatic carbocycles. The lowest BCUT2D eigenvalue weighted by atomic mass is 9.96. The highest BCUT2D eigenvalue weighted by Crippen LogP contribution is 2.23. The van der Waals surface area contributed by atoms with E-state index in [2.05, 4.69) is 21.9 Å². The molecule has 0 aromatic carbocycles. The quantitative estimate of drug-likeness (QED) is 0.908. The molecular formula is C13H19N5OS. The number of nitrogens with two attached hydrogens (primary N) is 1. The standard InChI is InChI=1S/C13H19N5OS/c1-9-3-2-4-11(6-14)17(9)7-10-5-12(19)18-13(16-10)20-8-15-18/h5,8-9,11H,2-4,6-7,14H2,1H3. The lowest BCUT2D eigenvalue weighted by Gasteiger charge is -2.40. The summed E-state index contributed by atoms with van der Waals surface area (Å²) in [4.78, 5) is 19.5. The molecule has 2 aromatic heterocycles. The number of piperidine rings is 1. The zero-order chi connectivity index (χ0) is 14.1. The SMILES string of the molecule is CC1CCCC(CN)N1Cc1cc(=O)n2ncsc2n1. The lowest BCUT2D eigenvalue weighted by Crippen LogP contribution is -2.48. The second-order valence-electron chi connectivity index (χ2n) is 5.36. The van der Waals surface area contributed by atoms with E-state index in [9.17, 15) is 4.79 Å². The summed E-state index contributed by atoms with van der Waals surface area (Å²) in [6, 6.07) is 2.46. The highest BCUT2D eigenvalue weighted by atomic mass is 32.1. The molecule has 1 aliphatic heterocycles. The molecule has 3 rings (SSSR count). The lowest BCUT2D eigenvalue weighted by molar-refractivity contribution is 0.0878. The molecule has 0 radical (unpaired) electrons. The first-order valence-corrected chi connectivity index (χ1v) is 7.85. The molecule has 0 spiro atoms. The summed E-state index contributed by atoms with van der Waals surface area (Å²) in [5, 5.41) is 3.98. The third-order valence-corrected chi connectivity index (χ3v) is 4.73. The minimum atomic E-state index is -0.111. The van der Waals surface area contributed by atoms with Gasteiger partial charge in [-0.3, -0.25) is 9.69 Å². The second kappa shape index (κ2) is 5.59. The smallest absolute Gasteiger partial charge is 0.275 e. The van der Waals surface area contributed by atoms with Gasteiger partial charge in [0.25, 0.3) is 5.56 Å². The van der Waals surface area contributed by atoms with Gasteiger partial charge in [0.1, 0.15) is 5.51 Å². The van der Waals surface area contributed by atoms with Crippen molar-refractivity contribution in [3.63, 3.8) is 0 Å². The van der Waals surface area contributed by atoms with Crippen LogP contribution in [-0.2, 0) is 6.54 Å². The first kappa shape index (κ1) is 13.7. The normalized spacial score (nSPS) is 24.3. The number of fused-ring (bicyclic) bond motifs is 1. The van der Waals surface area contributed by atoms with Gasteiger partial charge in [0.05, 0.1) is 5.69 Å². The Bertz CT molecular complexity index is 651. The summed E-state index contributed by atoms with van der Waals surface area (Å²) < 4.78 is 1.34. The number of hydrogen-bond acceptors (Lipinski definition) is 6. The van der Waals surface area contributed by atoms with Crippen molar-refractivity contribution in [2.45, 2.75) is 44.8 Å². The van der Waals surface area contributed by atoms with Crippen molar-refractivity contribution in [2.24, 2.45) is 5.73 Å². The fourth-order valence-electron chi connectivity index (χ4n) is 2.95. The van der Waals surface area contributed by atoms with Crippen LogP contribution in [0.3, 0.4) is 0 Å². The number of likely N-dealkylation sites (tertiary alicyclic amines) is 1. The summed E-state index contributed by atoms with van der Waals surface area (Å²) in [5.74, 6) is 0. The molecular weight excluding hydrogens is 274 g/mol. The minimum absolute atomic E-state index is 0.111. The fraction of sp³-hybridized carbons (Fsp3) is 0.615. The number of nitrogens with zero attached hydrogens (tertiary/aromatic N) is 4. The van der Waals surface area contributed by atoms with Gasteiger partial charge in [-0.05, 0) is 19.8 Å². The molecule has 1 saturated heterocycles. The average Bonchev–Trinajstić information content (AvgIpc) is 2.90. The van der Waals surface area contributed by atoms with Crippen molar-refractivity contribution in [3.05, 3.63) is 27.6 Å². The third kappa shape index (κ3) is 2.48. The largest absolute Gasteiger partial charge is 0.329 e. The fourth-order valence-corrected chi connectivity index (χ4v) is 3.59. The molecule has 2 unspecified atom stereocenters. The van der Waals surface area contributed by atoms with Crippen LogP contribution in [0, 0.1) is 0 Å². The van der Waals surface area contributed by atoms with Gasteiger partial charge in [-0.1, -0.05) is 17.8 Å². The third-order valence-electron chi connectivity index (χ3n) is 4.05. The molecule has 2 aromatic rings. The maximum absolute atomic E-state index is 12.0. The van der Waals surface area contributed by atoms with E-state index >= 15 is 0 Å². The van der Waals surface area contributed by atoms with Gasteiger partial charge in [0.15, 0.2) is 0 Å². The van der Waals surface area contributed by atoms with Crippen molar-refractivity contribution < 1.29 is 0 Å². The van der Waals surface area contributed by atoms with Gasteiger partial charge < -0.3 is 5.73 Å². The van der Waals surface area contributed by atoms with Crippen LogP contribution in [0.1, 0.15) is 31.9 Å². The van der Waals surface area contributed by atoms with E-state index in [0.29, 0.717) is 30.1 Å². The molecule has 0 bridgehead atoms. The second-order valence-corrected chi connectivity index (χ2v) is 6.17. The zero-order valence-electron chi connectivity index (χ0n) is 11.5. The Morgan fingerprint density at radius 1 is 1.50 bits per heavy atom. The van der Waals surface area contributed by atoms with E-state index in [1.54, 1.807) is 11.6 Å². The topological polar surface area (TPSA) is 76.5 Å². The Balaban J connectivity index is 1.89. The molecule has 2 atom stereocenters. The van der Waals surface area contributed by atoms with Crippen LogP contribution in [0.15, 0.2) is 16.4 Å². The molecule has 1 aliphatic rings. The van der Waals surface area contributed by atoms with E-state index in [-0.39, 0.29) is 5.56 Å². The summed E-state index contributed by atoms with van der Waals surface area (Å²) in [6.45, 7) is 3.57. The zero-order valence-corrected chi connectivity index (χ0v) is 12.3. The molecule has 7 heteroatoms.